The van der Waals surface area contributed by atoms with Crippen LogP contribution in [0.15, 0.2) is 206 Å². The average molecular weight is 703 g/mol. The molecule has 1 aliphatic rings. The lowest BCUT2D eigenvalue weighted by Gasteiger charge is -2.35. The van der Waals surface area contributed by atoms with Crippen molar-refractivity contribution < 1.29 is 0 Å². The van der Waals surface area contributed by atoms with Crippen LogP contribution < -0.4 is 4.90 Å². The zero-order valence-electron chi connectivity index (χ0n) is 29.9. The van der Waals surface area contributed by atoms with Gasteiger partial charge in [-0.25, -0.2) is 0 Å². The molecule has 0 fully saturated rings. The van der Waals surface area contributed by atoms with Gasteiger partial charge in [0.15, 0.2) is 0 Å². The van der Waals surface area contributed by atoms with E-state index in [4.69, 9.17) is 10.2 Å². The molecule has 0 saturated heterocycles. The predicted molar refractivity (Wildman–Crippen MR) is 226 cm³/mol. The van der Waals surface area contributed by atoms with E-state index in [0.717, 1.165) is 55.3 Å². The second-order valence-electron chi connectivity index (χ2n) is 14.3. The Morgan fingerprint density at radius 2 is 1.00 bits per heavy atom. The molecule has 1 heterocycles. The summed E-state index contributed by atoms with van der Waals surface area (Å²) in [5, 5.41) is 14.4. The molecule has 1 aromatic heterocycles. The summed E-state index contributed by atoms with van der Waals surface area (Å²) >= 11 is 0. The summed E-state index contributed by atoms with van der Waals surface area (Å²) in [6.45, 7) is 0. The summed E-state index contributed by atoms with van der Waals surface area (Å²) in [6, 6.07) is 74.2. The highest BCUT2D eigenvalue weighted by molar-refractivity contribution is 6.18. The molecular formula is C51H34N4. The number of hydrogen-bond acceptors (Lipinski definition) is 3. The maximum absolute atomic E-state index is 5.02. The Bertz CT molecular complexity index is 2990. The number of fused-ring (bicyclic) bond motifs is 8. The van der Waals surface area contributed by atoms with E-state index in [0.29, 0.717) is 0 Å². The van der Waals surface area contributed by atoms with Gasteiger partial charge in [0.25, 0.3) is 0 Å². The van der Waals surface area contributed by atoms with E-state index >= 15 is 0 Å². The highest BCUT2D eigenvalue weighted by Gasteiger charge is 2.46. The fraction of sp³-hybridized carbons (Fsp3) is 0.0196. The average Bonchev–Trinajstić information content (AvgIpc) is 3.83. The minimum atomic E-state index is -0.488. The van der Waals surface area contributed by atoms with Crippen LogP contribution in [-0.2, 0) is 5.41 Å². The summed E-state index contributed by atoms with van der Waals surface area (Å²) in [6.07, 6.45) is 0. The molecule has 0 unspecified atom stereocenters. The second kappa shape index (κ2) is 12.4. The molecule has 0 N–H and O–H groups in total. The zero-order chi connectivity index (χ0) is 36.3. The lowest BCUT2D eigenvalue weighted by Crippen LogP contribution is -2.28. The number of hydrogen-bond donors (Lipinski definition) is 0. The van der Waals surface area contributed by atoms with E-state index in [1.165, 1.54) is 33.4 Å². The van der Waals surface area contributed by atoms with E-state index in [9.17, 15) is 0 Å². The maximum Gasteiger partial charge on any atom is 0.122 e. The van der Waals surface area contributed by atoms with Crippen LogP contribution in [0.25, 0.3) is 49.4 Å². The van der Waals surface area contributed by atoms with Crippen molar-refractivity contribution in [2.75, 3.05) is 4.90 Å². The Morgan fingerprint density at radius 1 is 0.418 bits per heavy atom. The van der Waals surface area contributed by atoms with Crippen LogP contribution in [0, 0.1) is 0 Å². The number of rotatable bonds is 6. The van der Waals surface area contributed by atoms with Crippen LogP contribution in [0.5, 0.6) is 0 Å². The summed E-state index contributed by atoms with van der Waals surface area (Å²) in [7, 11) is 0. The lowest BCUT2D eigenvalue weighted by molar-refractivity contribution is 0.766. The zero-order valence-corrected chi connectivity index (χ0v) is 29.9. The Hall–Kier alpha value is -7.30. The third kappa shape index (κ3) is 4.78. The smallest absolute Gasteiger partial charge is 0.122 e. The van der Waals surface area contributed by atoms with Gasteiger partial charge in [-0.1, -0.05) is 152 Å². The van der Waals surface area contributed by atoms with Crippen molar-refractivity contribution in [1.29, 1.82) is 0 Å². The summed E-state index contributed by atoms with van der Waals surface area (Å²) in [5.74, 6) is 0. The topological polar surface area (TPSA) is 34.0 Å². The van der Waals surface area contributed by atoms with Gasteiger partial charge in [-0.15, -0.1) is 10.2 Å². The maximum atomic E-state index is 5.02. The molecule has 9 aromatic carbocycles. The van der Waals surface area contributed by atoms with Crippen LogP contribution >= 0.6 is 0 Å². The third-order valence-corrected chi connectivity index (χ3v) is 11.3. The van der Waals surface area contributed by atoms with Gasteiger partial charge in [0.05, 0.1) is 11.1 Å². The fourth-order valence-electron chi connectivity index (χ4n) is 8.93. The van der Waals surface area contributed by atoms with Crippen LogP contribution in [0.3, 0.4) is 0 Å². The van der Waals surface area contributed by atoms with Crippen molar-refractivity contribution in [3.8, 4) is 16.8 Å². The first-order valence-electron chi connectivity index (χ1n) is 18.8. The SMILES string of the molecule is c1ccc(N(c2ccc3c(c2)C(c2ccccc2)(c2ccccc2)c2ccccc2-3)c2ccc3c(ccc4ccc5nn(-c6ccccc6)nc5c43)c2)cc1. The molecule has 4 heteroatoms. The van der Waals surface area contributed by atoms with Crippen LogP contribution in [0.1, 0.15) is 22.3 Å². The summed E-state index contributed by atoms with van der Waals surface area (Å²) in [4.78, 5) is 4.13. The highest BCUT2D eigenvalue weighted by atomic mass is 15.5. The van der Waals surface area contributed by atoms with Gasteiger partial charge in [0.1, 0.15) is 11.0 Å². The first-order valence-corrected chi connectivity index (χ1v) is 18.8. The molecule has 0 atom stereocenters. The van der Waals surface area contributed by atoms with E-state index in [1.807, 2.05) is 30.3 Å². The molecular weight excluding hydrogens is 669 g/mol. The van der Waals surface area contributed by atoms with Gasteiger partial charge in [0, 0.05) is 22.4 Å². The van der Waals surface area contributed by atoms with Crippen molar-refractivity contribution in [3.63, 3.8) is 0 Å². The molecule has 0 amide bonds. The standard InChI is InChI=1S/C51H34N4/c1-5-15-37(16-6-1)51(38-17-7-2-8-18-38)46-24-14-13-23-44(46)45-31-29-42(34-47(45)51)54(39-19-9-3-10-20-39)41-28-30-43-36(33-41)26-25-35-27-32-48-50(49(35)43)53-55(52-48)40-21-11-4-12-22-40/h1-34H. The molecule has 0 aliphatic heterocycles. The number of anilines is 3. The normalized spacial score (nSPS) is 12.9. The quantitative estimate of drug-likeness (QED) is 0.162. The van der Waals surface area contributed by atoms with Gasteiger partial charge in [-0.05, 0) is 104 Å². The summed E-state index contributed by atoms with van der Waals surface area (Å²) < 4.78 is 0. The van der Waals surface area contributed by atoms with Crippen LogP contribution in [0.4, 0.5) is 17.1 Å². The Balaban J connectivity index is 1.13. The fourth-order valence-corrected chi connectivity index (χ4v) is 8.93. The third-order valence-electron chi connectivity index (χ3n) is 11.3. The Kier molecular flexibility index (Phi) is 7.04. The molecule has 10 aromatic rings. The second-order valence-corrected chi connectivity index (χ2v) is 14.3. The molecule has 0 bridgehead atoms. The van der Waals surface area contributed by atoms with E-state index in [2.05, 4.69) is 181 Å². The monoisotopic (exact) mass is 702 g/mol. The van der Waals surface area contributed by atoms with Crippen molar-refractivity contribution in [3.05, 3.63) is 229 Å². The number of para-hydroxylation sites is 2. The van der Waals surface area contributed by atoms with Gasteiger partial charge in [-0.2, -0.15) is 4.80 Å². The predicted octanol–water partition coefficient (Wildman–Crippen LogP) is 12.6. The molecule has 0 saturated carbocycles. The Morgan fingerprint density at radius 3 is 1.75 bits per heavy atom. The molecule has 1 aliphatic carbocycles. The highest BCUT2D eigenvalue weighted by Crippen LogP contribution is 2.57. The van der Waals surface area contributed by atoms with E-state index in [-0.39, 0.29) is 0 Å². The molecule has 11 rings (SSSR count). The number of aromatic nitrogens is 3. The van der Waals surface area contributed by atoms with Crippen molar-refractivity contribution >= 4 is 49.6 Å². The van der Waals surface area contributed by atoms with Crippen molar-refractivity contribution in [1.82, 2.24) is 15.0 Å². The van der Waals surface area contributed by atoms with Gasteiger partial charge >= 0.3 is 0 Å². The van der Waals surface area contributed by atoms with Gasteiger partial charge in [-0.3, -0.25) is 0 Å². The first kappa shape index (κ1) is 31.2. The Labute approximate surface area is 319 Å². The van der Waals surface area contributed by atoms with Crippen LogP contribution in [-0.4, -0.2) is 15.0 Å². The van der Waals surface area contributed by atoms with E-state index < -0.39 is 5.41 Å². The van der Waals surface area contributed by atoms with E-state index in [1.54, 1.807) is 4.80 Å². The van der Waals surface area contributed by atoms with Gasteiger partial charge in [0.2, 0.25) is 0 Å². The largest absolute Gasteiger partial charge is 0.310 e. The molecule has 4 nitrogen and oxygen atoms in total. The lowest BCUT2D eigenvalue weighted by atomic mass is 9.67. The van der Waals surface area contributed by atoms with Crippen LogP contribution in [0.2, 0.25) is 0 Å². The summed E-state index contributed by atoms with van der Waals surface area (Å²) in [5.41, 5.74) is 13.1. The molecule has 0 spiro atoms. The van der Waals surface area contributed by atoms with Gasteiger partial charge < -0.3 is 4.90 Å². The van der Waals surface area contributed by atoms with Crippen molar-refractivity contribution in [2.24, 2.45) is 0 Å². The number of benzene rings is 9. The molecule has 55 heavy (non-hydrogen) atoms. The van der Waals surface area contributed by atoms with Crippen molar-refractivity contribution in [2.45, 2.75) is 5.41 Å². The minimum absolute atomic E-state index is 0.488. The molecule has 0 radical (unpaired) electrons. The number of nitrogens with zero attached hydrogens (tertiary/aromatic N) is 4. The minimum Gasteiger partial charge on any atom is -0.310 e. The first-order chi connectivity index (χ1) is 27.3. The molecule has 258 valence electrons.